The van der Waals surface area contributed by atoms with Crippen molar-refractivity contribution in [2.75, 3.05) is 5.43 Å². The number of anilines is 1. The first-order chi connectivity index (χ1) is 8.97. The zero-order chi connectivity index (χ0) is 13.7. The molecular weight excluding hydrogens is 236 g/mol. The summed E-state index contributed by atoms with van der Waals surface area (Å²) < 4.78 is 0. The Morgan fingerprint density at radius 3 is 2.47 bits per heavy atom. The van der Waals surface area contributed by atoms with Gasteiger partial charge in [0.05, 0.1) is 5.69 Å². The Bertz CT molecular complexity index is 547. The van der Waals surface area contributed by atoms with Crippen molar-refractivity contribution in [1.29, 1.82) is 0 Å². The Morgan fingerprint density at radius 2 is 1.89 bits per heavy atom. The highest BCUT2D eigenvalue weighted by Crippen LogP contribution is 2.62. The van der Waals surface area contributed by atoms with Gasteiger partial charge in [-0.2, -0.15) is 5.10 Å². The van der Waals surface area contributed by atoms with E-state index in [4.69, 9.17) is 0 Å². The molecule has 0 heterocycles. The van der Waals surface area contributed by atoms with Crippen molar-refractivity contribution >= 4 is 17.2 Å². The highest BCUT2D eigenvalue weighted by molar-refractivity contribution is 6.45. The van der Waals surface area contributed by atoms with Crippen molar-refractivity contribution in [2.45, 2.75) is 33.6 Å². The summed E-state index contributed by atoms with van der Waals surface area (Å²) in [5.74, 6) is 0.526. The molecule has 2 fully saturated rings. The summed E-state index contributed by atoms with van der Waals surface area (Å²) in [5, 5.41) is 4.42. The summed E-state index contributed by atoms with van der Waals surface area (Å²) in [6.07, 6.45) is 2.07. The first kappa shape index (κ1) is 12.4. The maximum Gasteiger partial charge on any atom is 0.185 e. The third kappa shape index (κ3) is 1.57. The number of hydrogen-bond donors (Lipinski definition) is 1. The molecule has 0 amide bonds. The number of nitrogens with one attached hydrogen (secondary N) is 1. The standard InChI is InChI=1S/C16H20N2O/c1-15(2)12-9-10-16(15,3)14(19)13(12)18-17-11-7-5-4-6-8-11/h4-8,12,17H,9-10H2,1-3H3/b18-13-. The van der Waals surface area contributed by atoms with E-state index in [-0.39, 0.29) is 16.6 Å². The predicted molar refractivity (Wildman–Crippen MR) is 77.1 cm³/mol. The number of nitrogens with zero attached hydrogens (tertiary/aromatic N) is 1. The molecule has 2 unspecified atom stereocenters. The normalized spacial score (nSPS) is 33.9. The Balaban J connectivity index is 1.89. The third-order valence-electron chi connectivity index (χ3n) is 5.37. The van der Waals surface area contributed by atoms with Crippen molar-refractivity contribution < 1.29 is 4.79 Å². The van der Waals surface area contributed by atoms with E-state index in [0.717, 1.165) is 24.2 Å². The average Bonchev–Trinajstić information content (AvgIpc) is 2.70. The fourth-order valence-corrected chi connectivity index (χ4v) is 3.59. The number of ketones is 1. The Kier molecular flexibility index (Phi) is 2.56. The monoisotopic (exact) mass is 256 g/mol. The minimum atomic E-state index is -0.227. The zero-order valence-electron chi connectivity index (χ0n) is 11.7. The van der Waals surface area contributed by atoms with Crippen LogP contribution in [0, 0.1) is 16.7 Å². The fraction of sp³-hybridized carbons (Fsp3) is 0.500. The minimum absolute atomic E-state index is 0.0291. The number of Topliss-reactive ketones (excluding diaryl/α,β-unsaturated/α-hetero) is 1. The van der Waals surface area contributed by atoms with Gasteiger partial charge in [-0.1, -0.05) is 39.0 Å². The molecule has 1 N–H and O–H groups in total. The van der Waals surface area contributed by atoms with Gasteiger partial charge in [-0.3, -0.25) is 10.2 Å². The van der Waals surface area contributed by atoms with Gasteiger partial charge in [0.15, 0.2) is 5.78 Å². The lowest BCUT2D eigenvalue weighted by Crippen LogP contribution is -2.33. The van der Waals surface area contributed by atoms with Crippen LogP contribution in [-0.2, 0) is 4.79 Å². The van der Waals surface area contributed by atoms with Crippen LogP contribution in [0.3, 0.4) is 0 Å². The molecular formula is C16H20N2O. The molecule has 2 bridgehead atoms. The van der Waals surface area contributed by atoms with Crippen molar-refractivity contribution in [3.63, 3.8) is 0 Å². The smallest absolute Gasteiger partial charge is 0.185 e. The molecule has 0 radical (unpaired) electrons. The van der Waals surface area contributed by atoms with Crippen LogP contribution in [0.1, 0.15) is 33.6 Å². The van der Waals surface area contributed by atoms with Crippen LogP contribution in [0.25, 0.3) is 0 Å². The third-order valence-corrected chi connectivity index (χ3v) is 5.37. The van der Waals surface area contributed by atoms with E-state index < -0.39 is 0 Å². The van der Waals surface area contributed by atoms with Crippen LogP contribution in [0.2, 0.25) is 0 Å². The number of carbonyl (C=O) groups is 1. The van der Waals surface area contributed by atoms with E-state index in [9.17, 15) is 4.79 Å². The van der Waals surface area contributed by atoms with Gasteiger partial charge in [0, 0.05) is 11.3 Å². The molecule has 100 valence electrons. The van der Waals surface area contributed by atoms with Crippen LogP contribution in [0.5, 0.6) is 0 Å². The summed E-state index contributed by atoms with van der Waals surface area (Å²) in [4.78, 5) is 12.6. The van der Waals surface area contributed by atoms with E-state index in [2.05, 4.69) is 31.3 Å². The topological polar surface area (TPSA) is 41.5 Å². The highest BCUT2D eigenvalue weighted by atomic mass is 16.1. The first-order valence-corrected chi connectivity index (χ1v) is 6.90. The lowest BCUT2D eigenvalue weighted by molar-refractivity contribution is -0.123. The highest BCUT2D eigenvalue weighted by Gasteiger charge is 2.65. The van der Waals surface area contributed by atoms with Crippen molar-refractivity contribution in [3.8, 4) is 0 Å². The SMILES string of the molecule is CC12CCC(/C(=N/Nc3ccccc3)C1=O)C2(C)C. The van der Waals surface area contributed by atoms with Gasteiger partial charge in [-0.05, 0) is 30.4 Å². The summed E-state index contributed by atoms with van der Waals surface area (Å²) in [5.41, 5.74) is 4.49. The zero-order valence-corrected chi connectivity index (χ0v) is 11.7. The van der Waals surface area contributed by atoms with Crippen LogP contribution in [0.15, 0.2) is 35.4 Å². The minimum Gasteiger partial charge on any atom is -0.292 e. The molecule has 0 saturated heterocycles. The fourth-order valence-electron chi connectivity index (χ4n) is 3.59. The Hall–Kier alpha value is -1.64. The van der Waals surface area contributed by atoms with Crippen LogP contribution < -0.4 is 5.43 Å². The second-order valence-corrected chi connectivity index (χ2v) is 6.45. The maximum absolute atomic E-state index is 12.6. The number of carbonyl (C=O) groups excluding carboxylic acids is 1. The molecule has 3 rings (SSSR count). The first-order valence-electron chi connectivity index (χ1n) is 6.90. The molecule has 3 nitrogen and oxygen atoms in total. The molecule has 1 aromatic carbocycles. The van der Waals surface area contributed by atoms with Gasteiger partial charge < -0.3 is 0 Å². The molecule has 19 heavy (non-hydrogen) atoms. The van der Waals surface area contributed by atoms with Gasteiger partial charge in [0.1, 0.15) is 5.71 Å². The number of benzene rings is 1. The molecule has 0 spiro atoms. The second kappa shape index (κ2) is 3.92. The molecule has 2 aliphatic carbocycles. The summed E-state index contributed by atoms with van der Waals surface area (Å²) in [6, 6.07) is 9.78. The van der Waals surface area contributed by atoms with Gasteiger partial charge >= 0.3 is 0 Å². The molecule has 2 saturated carbocycles. The van der Waals surface area contributed by atoms with Gasteiger partial charge in [0.2, 0.25) is 0 Å². The Morgan fingerprint density at radius 1 is 1.21 bits per heavy atom. The van der Waals surface area contributed by atoms with Crippen LogP contribution >= 0.6 is 0 Å². The van der Waals surface area contributed by atoms with Gasteiger partial charge in [-0.25, -0.2) is 0 Å². The molecule has 3 heteroatoms. The molecule has 2 atom stereocenters. The van der Waals surface area contributed by atoms with E-state index in [1.54, 1.807) is 0 Å². The van der Waals surface area contributed by atoms with Crippen molar-refractivity contribution in [2.24, 2.45) is 21.8 Å². The van der Waals surface area contributed by atoms with E-state index >= 15 is 0 Å². The number of rotatable bonds is 2. The summed E-state index contributed by atoms with van der Waals surface area (Å²) >= 11 is 0. The second-order valence-electron chi connectivity index (χ2n) is 6.45. The maximum atomic E-state index is 12.6. The van der Waals surface area contributed by atoms with Crippen LogP contribution in [0.4, 0.5) is 5.69 Å². The van der Waals surface area contributed by atoms with Crippen LogP contribution in [-0.4, -0.2) is 11.5 Å². The summed E-state index contributed by atoms with van der Waals surface area (Å²) in [6.45, 7) is 6.50. The quantitative estimate of drug-likeness (QED) is 0.823. The van der Waals surface area contributed by atoms with E-state index in [1.165, 1.54) is 0 Å². The Labute approximate surface area is 114 Å². The molecule has 2 aliphatic rings. The lowest BCUT2D eigenvalue weighted by Gasteiger charge is -2.31. The molecule has 1 aromatic rings. The van der Waals surface area contributed by atoms with Crippen molar-refractivity contribution in [3.05, 3.63) is 30.3 Å². The summed E-state index contributed by atoms with van der Waals surface area (Å²) in [7, 11) is 0. The lowest BCUT2D eigenvalue weighted by atomic mass is 9.70. The number of para-hydroxylation sites is 1. The van der Waals surface area contributed by atoms with Gasteiger partial charge in [0.25, 0.3) is 0 Å². The number of hydrogen-bond acceptors (Lipinski definition) is 3. The predicted octanol–water partition coefficient (Wildman–Crippen LogP) is 3.48. The number of hydrazone groups is 1. The van der Waals surface area contributed by atoms with Gasteiger partial charge in [-0.15, -0.1) is 0 Å². The molecule has 0 aromatic heterocycles. The number of fused-ring (bicyclic) bond motifs is 2. The van der Waals surface area contributed by atoms with E-state index in [1.807, 2.05) is 30.3 Å². The van der Waals surface area contributed by atoms with E-state index in [0.29, 0.717) is 5.92 Å². The average molecular weight is 256 g/mol. The molecule has 0 aliphatic heterocycles. The largest absolute Gasteiger partial charge is 0.292 e. The van der Waals surface area contributed by atoms with Crippen molar-refractivity contribution in [1.82, 2.24) is 0 Å².